The van der Waals surface area contributed by atoms with E-state index in [1.165, 1.54) is 12.1 Å². The zero-order chi connectivity index (χ0) is 15.0. The molecule has 0 amide bonds. The second kappa shape index (κ2) is 8.60. The van der Waals surface area contributed by atoms with Crippen LogP contribution in [0.5, 0.6) is 0 Å². The Bertz CT molecular complexity index is 438. The van der Waals surface area contributed by atoms with E-state index in [0.29, 0.717) is 31.2 Å². The summed E-state index contributed by atoms with van der Waals surface area (Å²) in [5, 5.41) is 13.6. The van der Waals surface area contributed by atoms with Crippen molar-refractivity contribution in [2.75, 3.05) is 19.8 Å². The Kier molecular flexibility index (Phi) is 7.11. The highest BCUT2D eigenvalue weighted by Gasteiger charge is 2.16. The molecule has 1 rings (SSSR count). The molecular formula is C14H21FN2O3. The highest BCUT2D eigenvalue weighted by Crippen LogP contribution is 2.19. The Labute approximate surface area is 118 Å². The first-order chi connectivity index (χ1) is 9.52. The Morgan fingerprint density at radius 2 is 2.15 bits per heavy atom. The second-order valence-electron chi connectivity index (χ2n) is 4.98. The number of benzene rings is 1. The minimum atomic E-state index is -0.772. The third-order valence-electron chi connectivity index (χ3n) is 2.83. The van der Waals surface area contributed by atoms with Crippen LogP contribution in [-0.2, 0) is 11.3 Å². The summed E-state index contributed by atoms with van der Waals surface area (Å²) in [6.07, 6.45) is 1.01. The molecule has 112 valence electrons. The van der Waals surface area contributed by atoms with Crippen LogP contribution in [-0.4, -0.2) is 24.7 Å². The van der Waals surface area contributed by atoms with Crippen LogP contribution >= 0.6 is 0 Å². The van der Waals surface area contributed by atoms with Crippen molar-refractivity contribution in [3.05, 3.63) is 39.7 Å². The average Bonchev–Trinajstić information content (AvgIpc) is 2.38. The molecule has 0 fully saturated rings. The Balaban J connectivity index is 2.29. The van der Waals surface area contributed by atoms with Crippen LogP contribution in [0.2, 0.25) is 0 Å². The summed E-state index contributed by atoms with van der Waals surface area (Å²) in [6, 6.07) is 4.18. The number of hydrogen-bond donors (Lipinski definition) is 1. The number of hydrogen-bond acceptors (Lipinski definition) is 4. The van der Waals surface area contributed by atoms with E-state index < -0.39 is 16.4 Å². The van der Waals surface area contributed by atoms with Gasteiger partial charge in [0.05, 0.1) is 11.5 Å². The number of halogens is 1. The lowest BCUT2D eigenvalue weighted by molar-refractivity contribution is -0.387. The van der Waals surface area contributed by atoms with E-state index in [1.807, 2.05) is 0 Å². The molecule has 0 aliphatic carbocycles. The van der Waals surface area contributed by atoms with Crippen LogP contribution in [0.15, 0.2) is 18.2 Å². The number of nitro benzene ring substituents is 1. The number of nitrogens with zero attached hydrogens (tertiary/aromatic N) is 1. The summed E-state index contributed by atoms with van der Waals surface area (Å²) >= 11 is 0. The molecule has 6 heteroatoms. The van der Waals surface area contributed by atoms with Crippen LogP contribution < -0.4 is 5.32 Å². The molecular weight excluding hydrogens is 263 g/mol. The van der Waals surface area contributed by atoms with Crippen molar-refractivity contribution in [2.45, 2.75) is 26.8 Å². The van der Waals surface area contributed by atoms with Crippen molar-refractivity contribution < 1.29 is 14.1 Å². The van der Waals surface area contributed by atoms with Gasteiger partial charge >= 0.3 is 5.69 Å². The van der Waals surface area contributed by atoms with E-state index >= 15 is 0 Å². The largest absolute Gasteiger partial charge is 0.380 e. The van der Waals surface area contributed by atoms with Crippen molar-refractivity contribution in [1.82, 2.24) is 5.32 Å². The molecule has 1 aromatic rings. The zero-order valence-corrected chi connectivity index (χ0v) is 11.9. The monoisotopic (exact) mass is 284 g/mol. The van der Waals surface area contributed by atoms with Crippen molar-refractivity contribution in [2.24, 2.45) is 5.92 Å². The van der Waals surface area contributed by atoms with E-state index in [2.05, 4.69) is 19.2 Å². The first-order valence-electron chi connectivity index (χ1n) is 6.72. The molecule has 0 spiro atoms. The first kappa shape index (κ1) is 16.5. The van der Waals surface area contributed by atoms with E-state index in [1.54, 1.807) is 0 Å². The Morgan fingerprint density at radius 3 is 2.80 bits per heavy atom. The average molecular weight is 284 g/mol. The lowest BCUT2D eigenvalue weighted by Gasteiger charge is -2.08. The fraction of sp³-hybridized carbons (Fsp3) is 0.571. The van der Waals surface area contributed by atoms with Crippen LogP contribution in [0.4, 0.5) is 10.1 Å². The van der Waals surface area contributed by atoms with Gasteiger partial charge in [0.15, 0.2) is 0 Å². The van der Waals surface area contributed by atoms with Crippen LogP contribution in [0.1, 0.15) is 25.8 Å². The highest BCUT2D eigenvalue weighted by atomic mass is 19.1. The topological polar surface area (TPSA) is 64.4 Å². The van der Waals surface area contributed by atoms with Gasteiger partial charge in [0, 0.05) is 31.3 Å². The summed E-state index contributed by atoms with van der Waals surface area (Å²) in [5.74, 6) is -0.160. The molecule has 0 saturated heterocycles. The predicted molar refractivity (Wildman–Crippen MR) is 75.0 cm³/mol. The minimum absolute atomic E-state index is 0.251. The lowest BCUT2D eigenvalue weighted by atomic mass is 10.1. The molecule has 0 bridgehead atoms. The van der Waals surface area contributed by atoms with Crippen molar-refractivity contribution in [1.29, 1.82) is 0 Å². The van der Waals surface area contributed by atoms with Gasteiger partial charge in [-0.3, -0.25) is 10.1 Å². The predicted octanol–water partition coefficient (Wildman–Crippen LogP) is 2.89. The maximum atomic E-state index is 13.7. The van der Waals surface area contributed by atoms with Crippen molar-refractivity contribution in [3.63, 3.8) is 0 Å². The summed E-state index contributed by atoms with van der Waals surface area (Å²) in [7, 11) is 0. The smallest absolute Gasteiger partial charge is 0.305 e. The van der Waals surface area contributed by atoms with Crippen LogP contribution in [0.3, 0.4) is 0 Å². The molecule has 5 nitrogen and oxygen atoms in total. The highest BCUT2D eigenvalue weighted by molar-refractivity contribution is 5.36. The van der Waals surface area contributed by atoms with E-state index in [9.17, 15) is 14.5 Å². The summed E-state index contributed by atoms with van der Waals surface area (Å²) in [4.78, 5) is 9.89. The third kappa shape index (κ3) is 5.63. The standard InChI is InChI=1S/C14H21FN2O3/c1-11(2)6-8-20-9-7-16-10-12-4-3-5-13(14(12)15)17(18)19/h3-5,11,16H,6-10H2,1-2H3. The third-order valence-corrected chi connectivity index (χ3v) is 2.83. The van der Waals surface area contributed by atoms with Crippen LogP contribution in [0.25, 0.3) is 0 Å². The maximum Gasteiger partial charge on any atom is 0.305 e. The van der Waals surface area contributed by atoms with Gasteiger partial charge < -0.3 is 10.1 Å². The van der Waals surface area contributed by atoms with Crippen molar-refractivity contribution >= 4 is 5.69 Å². The molecule has 0 heterocycles. The van der Waals surface area contributed by atoms with E-state index in [0.717, 1.165) is 12.5 Å². The normalized spacial score (nSPS) is 11.0. The maximum absolute atomic E-state index is 13.7. The van der Waals surface area contributed by atoms with Crippen LogP contribution in [0, 0.1) is 21.8 Å². The fourth-order valence-electron chi connectivity index (χ4n) is 1.63. The molecule has 0 saturated carbocycles. The van der Waals surface area contributed by atoms with Gasteiger partial charge in [-0.1, -0.05) is 26.0 Å². The van der Waals surface area contributed by atoms with E-state index in [4.69, 9.17) is 4.74 Å². The lowest BCUT2D eigenvalue weighted by Crippen LogP contribution is -2.20. The second-order valence-corrected chi connectivity index (χ2v) is 4.98. The van der Waals surface area contributed by atoms with E-state index in [-0.39, 0.29) is 6.54 Å². The van der Waals surface area contributed by atoms with Gasteiger partial charge in [-0.25, -0.2) is 0 Å². The van der Waals surface area contributed by atoms with Gasteiger partial charge in [0.1, 0.15) is 0 Å². The van der Waals surface area contributed by atoms with Crippen molar-refractivity contribution in [3.8, 4) is 0 Å². The van der Waals surface area contributed by atoms with Gasteiger partial charge in [-0.2, -0.15) is 4.39 Å². The zero-order valence-electron chi connectivity index (χ0n) is 11.9. The van der Waals surface area contributed by atoms with Gasteiger partial charge in [0.25, 0.3) is 0 Å². The molecule has 1 N–H and O–H groups in total. The number of rotatable bonds is 9. The summed E-state index contributed by atoms with van der Waals surface area (Å²) in [5.41, 5.74) is -0.195. The van der Waals surface area contributed by atoms with Gasteiger partial charge in [0.2, 0.25) is 5.82 Å². The SMILES string of the molecule is CC(C)CCOCCNCc1cccc([N+](=O)[O-])c1F. The number of nitro groups is 1. The molecule has 0 radical (unpaired) electrons. The minimum Gasteiger partial charge on any atom is -0.380 e. The fourth-order valence-corrected chi connectivity index (χ4v) is 1.63. The van der Waals surface area contributed by atoms with Gasteiger partial charge in [-0.15, -0.1) is 0 Å². The Morgan fingerprint density at radius 1 is 1.40 bits per heavy atom. The summed E-state index contributed by atoms with van der Waals surface area (Å²) in [6.45, 7) is 6.36. The molecule has 0 aliphatic heterocycles. The molecule has 1 aromatic carbocycles. The molecule has 0 aromatic heterocycles. The number of nitrogens with one attached hydrogen (secondary N) is 1. The number of ether oxygens (including phenoxy) is 1. The molecule has 20 heavy (non-hydrogen) atoms. The summed E-state index contributed by atoms with van der Waals surface area (Å²) < 4.78 is 19.1. The molecule has 0 unspecified atom stereocenters. The quantitative estimate of drug-likeness (QED) is 0.430. The molecule has 0 aliphatic rings. The van der Waals surface area contributed by atoms with Gasteiger partial charge in [-0.05, 0) is 12.3 Å². The first-order valence-corrected chi connectivity index (χ1v) is 6.72. The Hall–Kier alpha value is -1.53. The molecule has 0 atom stereocenters.